The number of hydrogen-bond donors (Lipinski definition) is 3. The molecule has 45 heavy (non-hydrogen) atoms. The number of nitrogens with one attached hydrogen (secondary N) is 2. The number of rotatable bonds is 6. The molecule has 0 saturated heterocycles. The van der Waals surface area contributed by atoms with Crippen molar-refractivity contribution in [1.29, 1.82) is 0 Å². The van der Waals surface area contributed by atoms with E-state index in [1.807, 2.05) is 48.5 Å². The highest BCUT2D eigenvalue weighted by atomic mass is 35.5. The summed E-state index contributed by atoms with van der Waals surface area (Å²) in [6.07, 6.45) is 0. The SMILES string of the molecule is O=C(Nc1ccc(N=Nc2ccc(C(=O)Nc3cc(Cl)c(Cl)cc3Cl)c(Cl)c2)c2ccccc12)c1cc2ccccc2cc1O. The van der Waals surface area contributed by atoms with Gasteiger partial charge in [0.25, 0.3) is 11.8 Å². The highest BCUT2D eigenvalue weighted by Crippen LogP contribution is 2.36. The Kier molecular flexibility index (Phi) is 8.61. The second-order valence-electron chi connectivity index (χ2n) is 9.91. The van der Waals surface area contributed by atoms with Gasteiger partial charge >= 0.3 is 0 Å². The molecule has 0 aromatic heterocycles. The molecular weight excluding hydrogens is 654 g/mol. The number of azo groups is 1. The van der Waals surface area contributed by atoms with Crippen LogP contribution in [0.2, 0.25) is 20.1 Å². The second kappa shape index (κ2) is 12.8. The van der Waals surface area contributed by atoms with E-state index in [4.69, 9.17) is 46.4 Å². The molecule has 0 heterocycles. The zero-order valence-corrected chi connectivity index (χ0v) is 26.0. The first-order valence-electron chi connectivity index (χ1n) is 13.4. The molecule has 3 N–H and O–H groups in total. The van der Waals surface area contributed by atoms with E-state index >= 15 is 0 Å². The van der Waals surface area contributed by atoms with E-state index in [1.54, 1.807) is 30.3 Å². The minimum absolute atomic E-state index is 0.110. The monoisotopic (exact) mass is 672 g/mol. The van der Waals surface area contributed by atoms with Crippen molar-refractivity contribution in [2.75, 3.05) is 10.6 Å². The summed E-state index contributed by atoms with van der Waals surface area (Å²) in [4.78, 5) is 26.1. The lowest BCUT2D eigenvalue weighted by molar-refractivity contribution is 0.101. The number of carbonyl (C=O) groups is 2. The molecule has 0 aliphatic carbocycles. The Labute approximate surface area is 277 Å². The van der Waals surface area contributed by atoms with E-state index in [2.05, 4.69) is 20.9 Å². The molecule has 0 saturated carbocycles. The van der Waals surface area contributed by atoms with Gasteiger partial charge in [-0.2, -0.15) is 5.11 Å². The summed E-state index contributed by atoms with van der Waals surface area (Å²) in [7, 11) is 0. The number of fused-ring (bicyclic) bond motifs is 2. The number of benzene rings is 6. The normalized spacial score (nSPS) is 11.3. The molecule has 0 aliphatic heterocycles. The zero-order chi connectivity index (χ0) is 31.7. The maximum absolute atomic E-state index is 13.2. The van der Waals surface area contributed by atoms with Crippen LogP contribution < -0.4 is 10.6 Å². The predicted octanol–water partition coefficient (Wildman–Crippen LogP) is 11.2. The van der Waals surface area contributed by atoms with E-state index in [1.165, 1.54) is 24.3 Å². The fraction of sp³-hybridized carbons (Fsp3) is 0. The van der Waals surface area contributed by atoms with Crippen LogP contribution in [-0.4, -0.2) is 16.9 Å². The van der Waals surface area contributed by atoms with Gasteiger partial charge in [-0.05, 0) is 65.4 Å². The Hall–Kier alpha value is -4.66. The average molecular weight is 674 g/mol. The van der Waals surface area contributed by atoms with Gasteiger partial charge in [0.05, 0.1) is 48.3 Å². The van der Waals surface area contributed by atoms with Crippen molar-refractivity contribution in [3.63, 3.8) is 0 Å². The molecular formula is C34H20Cl4N4O3. The third-order valence-electron chi connectivity index (χ3n) is 6.99. The first-order chi connectivity index (χ1) is 21.7. The number of anilines is 2. The Morgan fingerprint density at radius 3 is 1.96 bits per heavy atom. The van der Waals surface area contributed by atoms with Gasteiger partial charge < -0.3 is 15.7 Å². The van der Waals surface area contributed by atoms with Crippen LogP contribution in [0.3, 0.4) is 0 Å². The molecule has 0 bridgehead atoms. The fourth-order valence-corrected chi connectivity index (χ4v) is 5.60. The van der Waals surface area contributed by atoms with Gasteiger partial charge in [0.1, 0.15) is 5.75 Å². The standard InChI is InChI=1S/C34H20Cl4N4O3/c35-25-15-20(9-10-23(25)33(44)40-31-17-27(37)26(36)16-28(31)38)41-42-30-12-11-29(21-7-3-4-8-22(21)30)39-34(45)24-13-18-5-1-2-6-19(18)14-32(24)43/h1-17,43H,(H,39,45)(H,40,44). The van der Waals surface area contributed by atoms with E-state index in [0.29, 0.717) is 17.1 Å². The van der Waals surface area contributed by atoms with Gasteiger partial charge in [-0.3, -0.25) is 9.59 Å². The lowest BCUT2D eigenvalue weighted by atomic mass is 10.0. The van der Waals surface area contributed by atoms with Crippen molar-refractivity contribution in [1.82, 2.24) is 0 Å². The molecule has 11 heteroatoms. The number of nitrogens with zero attached hydrogens (tertiary/aromatic N) is 2. The number of amides is 2. The van der Waals surface area contributed by atoms with E-state index in [0.717, 1.165) is 21.5 Å². The molecule has 0 aliphatic rings. The van der Waals surface area contributed by atoms with Crippen molar-refractivity contribution < 1.29 is 14.7 Å². The average Bonchev–Trinajstić information content (AvgIpc) is 3.02. The van der Waals surface area contributed by atoms with Crippen LogP contribution in [0.4, 0.5) is 22.7 Å². The Balaban J connectivity index is 1.22. The van der Waals surface area contributed by atoms with Gasteiger partial charge in [-0.1, -0.05) is 94.9 Å². The molecule has 0 fully saturated rings. The maximum atomic E-state index is 13.2. The van der Waals surface area contributed by atoms with Crippen LogP contribution in [0.1, 0.15) is 20.7 Å². The van der Waals surface area contributed by atoms with Gasteiger partial charge in [0.15, 0.2) is 0 Å². The first-order valence-corrected chi connectivity index (χ1v) is 14.9. The third-order valence-corrected chi connectivity index (χ3v) is 8.33. The number of carbonyl (C=O) groups excluding carboxylic acids is 2. The van der Waals surface area contributed by atoms with Crippen LogP contribution in [0.25, 0.3) is 21.5 Å². The minimum atomic E-state index is -0.496. The Morgan fingerprint density at radius 1 is 0.556 bits per heavy atom. The van der Waals surface area contributed by atoms with Crippen LogP contribution in [0, 0.1) is 0 Å². The number of hydrogen-bond acceptors (Lipinski definition) is 5. The van der Waals surface area contributed by atoms with Gasteiger partial charge in [0, 0.05) is 16.5 Å². The molecule has 7 nitrogen and oxygen atoms in total. The molecule has 6 rings (SSSR count). The smallest absolute Gasteiger partial charge is 0.259 e. The second-order valence-corrected chi connectivity index (χ2v) is 11.5. The number of phenolic OH excluding ortho intramolecular Hbond substituents is 1. The largest absolute Gasteiger partial charge is 0.507 e. The Morgan fingerprint density at radius 2 is 1.20 bits per heavy atom. The van der Waals surface area contributed by atoms with Crippen molar-refractivity contribution in [2.45, 2.75) is 0 Å². The number of phenols is 1. The molecule has 0 unspecified atom stereocenters. The molecule has 2 amide bonds. The first kappa shape index (κ1) is 30.4. The minimum Gasteiger partial charge on any atom is -0.507 e. The highest BCUT2D eigenvalue weighted by Gasteiger charge is 2.16. The summed E-state index contributed by atoms with van der Waals surface area (Å²) < 4.78 is 0. The van der Waals surface area contributed by atoms with Crippen LogP contribution in [-0.2, 0) is 0 Å². The quantitative estimate of drug-likeness (QED) is 0.121. The summed E-state index contributed by atoms with van der Waals surface area (Å²) in [6, 6.07) is 29.1. The lowest BCUT2D eigenvalue weighted by Gasteiger charge is -2.12. The van der Waals surface area contributed by atoms with E-state index in [-0.39, 0.29) is 42.7 Å². The number of aromatic hydroxyl groups is 1. The van der Waals surface area contributed by atoms with Gasteiger partial charge in [-0.15, -0.1) is 5.11 Å². The number of halogens is 4. The summed E-state index contributed by atoms with van der Waals surface area (Å²) in [5.74, 6) is -1.05. The van der Waals surface area contributed by atoms with Gasteiger partial charge in [-0.25, -0.2) is 0 Å². The summed E-state index contributed by atoms with van der Waals surface area (Å²) in [5, 5.41) is 28.9. The van der Waals surface area contributed by atoms with Gasteiger partial charge in [0.2, 0.25) is 0 Å². The summed E-state index contributed by atoms with van der Waals surface area (Å²) in [6.45, 7) is 0. The summed E-state index contributed by atoms with van der Waals surface area (Å²) >= 11 is 24.6. The van der Waals surface area contributed by atoms with Crippen molar-refractivity contribution in [3.05, 3.63) is 134 Å². The van der Waals surface area contributed by atoms with Crippen molar-refractivity contribution in [3.8, 4) is 5.75 Å². The van der Waals surface area contributed by atoms with Crippen molar-refractivity contribution in [2.24, 2.45) is 10.2 Å². The van der Waals surface area contributed by atoms with Crippen LogP contribution in [0.5, 0.6) is 5.75 Å². The third kappa shape index (κ3) is 6.43. The van der Waals surface area contributed by atoms with Crippen LogP contribution in [0.15, 0.2) is 113 Å². The molecule has 6 aromatic rings. The maximum Gasteiger partial charge on any atom is 0.259 e. The van der Waals surface area contributed by atoms with E-state index in [9.17, 15) is 14.7 Å². The summed E-state index contributed by atoms with van der Waals surface area (Å²) in [5.41, 5.74) is 2.15. The predicted molar refractivity (Wildman–Crippen MR) is 183 cm³/mol. The lowest BCUT2D eigenvalue weighted by Crippen LogP contribution is -2.12. The molecule has 6 aromatic carbocycles. The molecule has 0 spiro atoms. The molecule has 0 radical (unpaired) electrons. The zero-order valence-electron chi connectivity index (χ0n) is 23.0. The molecule has 0 atom stereocenters. The van der Waals surface area contributed by atoms with E-state index < -0.39 is 11.8 Å². The topological polar surface area (TPSA) is 103 Å². The van der Waals surface area contributed by atoms with Crippen molar-refractivity contribution >= 4 is 103 Å². The highest BCUT2D eigenvalue weighted by molar-refractivity contribution is 6.44. The molecule has 222 valence electrons. The Bertz CT molecular complexity index is 2190. The van der Waals surface area contributed by atoms with Crippen LogP contribution >= 0.6 is 46.4 Å². The fourth-order valence-electron chi connectivity index (χ4n) is 4.75.